The number of rotatable bonds is 6. The number of nitrogens with zero attached hydrogens (tertiary/aromatic N) is 6. The number of aromatic nitrogens is 5. The van der Waals surface area contributed by atoms with Gasteiger partial charge in [-0.15, -0.1) is 5.10 Å². The van der Waals surface area contributed by atoms with Crippen LogP contribution in [0.2, 0.25) is 0 Å². The van der Waals surface area contributed by atoms with Crippen LogP contribution < -0.4 is 10.5 Å². The molecule has 0 radical (unpaired) electrons. The van der Waals surface area contributed by atoms with E-state index in [2.05, 4.69) is 31.2 Å². The Morgan fingerprint density at radius 3 is 2.44 bits per heavy atom. The Labute approximate surface area is 185 Å². The van der Waals surface area contributed by atoms with Crippen molar-refractivity contribution in [2.24, 2.45) is 5.73 Å². The minimum absolute atomic E-state index is 0.471. The van der Waals surface area contributed by atoms with Crippen molar-refractivity contribution >= 4 is 0 Å². The first-order valence-electron chi connectivity index (χ1n) is 10.1. The predicted molar refractivity (Wildman–Crippen MR) is 120 cm³/mol. The normalized spacial score (nSPS) is 10.6. The summed E-state index contributed by atoms with van der Waals surface area (Å²) in [5.41, 5.74) is 10.6. The van der Waals surface area contributed by atoms with Crippen molar-refractivity contribution in [3.05, 3.63) is 77.4 Å². The van der Waals surface area contributed by atoms with Gasteiger partial charge in [0.25, 0.3) is 0 Å². The maximum atomic E-state index is 9.37. The molecule has 3 aromatic heterocycles. The van der Waals surface area contributed by atoms with E-state index in [0.717, 1.165) is 17.0 Å². The Balaban J connectivity index is 1.72. The Kier molecular flexibility index (Phi) is 6.10. The fourth-order valence-electron chi connectivity index (χ4n) is 3.14. The smallest absolute Gasteiger partial charge is 0.162 e. The van der Waals surface area contributed by atoms with Gasteiger partial charge in [0, 0.05) is 30.2 Å². The summed E-state index contributed by atoms with van der Waals surface area (Å²) in [6.07, 6.45) is 4.21. The van der Waals surface area contributed by atoms with Crippen LogP contribution in [0.1, 0.15) is 22.5 Å². The molecule has 0 amide bonds. The summed E-state index contributed by atoms with van der Waals surface area (Å²) in [6, 6.07) is 14.7. The van der Waals surface area contributed by atoms with Crippen LogP contribution in [-0.2, 0) is 6.42 Å². The van der Waals surface area contributed by atoms with Crippen LogP contribution in [0.3, 0.4) is 0 Å². The summed E-state index contributed by atoms with van der Waals surface area (Å²) in [6.45, 7) is 4.29. The summed E-state index contributed by atoms with van der Waals surface area (Å²) >= 11 is 0. The maximum Gasteiger partial charge on any atom is 0.162 e. The van der Waals surface area contributed by atoms with Gasteiger partial charge in [0.2, 0.25) is 0 Å². The highest BCUT2D eigenvalue weighted by molar-refractivity contribution is 5.67. The predicted octanol–water partition coefficient (Wildman–Crippen LogP) is 3.78. The van der Waals surface area contributed by atoms with Gasteiger partial charge < -0.3 is 10.5 Å². The van der Waals surface area contributed by atoms with Crippen LogP contribution in [0.25, 0.3) is 22.8 Å². The maximum absolute atomic E-state index is 9.37. The quantitative estimate of drug-likeness (QED) is 0.497. The highest BCUT2D eigenvalue weighted by Gasteiger charge is 2.14. The fourth-order valence-corrected chi connectivity index (χ4v) is 3.14. The first kappa shape index (κ1) is 21.0. The molecule has 4 rings (SSSR count). The zero-order valence-electron chi connectivity index (χ0n) is 17.8. The zero-order chi connectivity index (χ0) is 22.5. The first-order chi connectivity index (χ1) is 15.6. The molecule has 0 fully saturated rings. The highest BCUT2D eigenvalue weighted by atomic mass is 16.5. The van der Waals surface area contributed by atoms with Crippen LogP contribution in [0.5, 0.6) is 11.5 Å². The Morgan fingerprint density at radius 2 is 1.75 bits per heavy atom. The van der Waals surface area contributed by atoms with E-state index < -0.39 is 0 Å². The van der Waals surface area contributed by atoms with Crippen molar-refractivity contribution in [1.82, 2.24) is 25.1 Å². The second kappa shape index (κ2) is 9.29. The lowest BCUT2D eigenvalue weighted by molar-refractivity contribution is 0.483. The molecule has 0 aliphatic rings. The lowest BCUT2D eigenvalue weighted by Gasteiger charge is -2.13. The molecule has 8 heteroatoms. The van der Waals surface area contributed by atoms with Gasteiger partial charge in [-0.25, -0.2) is 9.97 Å². The minimum atomic E-state index is 0.471. The van der Waals surface area contributed by atoms with Crippen LogP contribution in [0, 0.1) is 25.2 Å². The van der Waals surface area contributed by atoms with Gasteiger partial charge in [0.15, 0.2) is 5.82 Å². The molecule has 0 spiro atoms. The Bertz CT molecular complexity index is 1280. The number of pyridine rings is 1. The molecule has 3 heterocycles. The van der Waals surface area contributed by atoms with Crippen molar-refractivity contribution in [1.29, 1.82) is 5.26 Å². The van der Waals surface area contributed by atoms with Gasteiger partial charge in [0.1, 0.15) is 17.2 Å². The standard InChI is InChI=1S/C24H21N7O/c1-15-3-6-21(31-30-15)22-11-19(9-16(2)29-22)32-23-10-17(12-26)4-5-20(23)24-27-13-18(7-8-25)14-28-24/h3-6,9-11,13-14H,7-8,25H2,1-2H3. The molecule has 158 valence electrons. The third-order valence-electron chi connectivity index (χ3n) is 4.70. The van der Waals surface area contributed by atoms with E-state index >= 15 is 0 Å². The highest BCUT2D eigenvalue weighted by Crippen LogP contribution is 2.34. The van der Waals surface area contributed by atoms with Gasteiger partial charge in [-0.05, 0) is 62.7 Å². The summed E-state index contributed by atoms with van der Waals surface area (Å²) in [4.78, 5) is 13.5. The van der Waals surface area contributed by atoms with Crippen molar-refractivity contribution in [3.8, 4) is 40.3 Å². The summed E-state index contributed by atoms with van der Waals surface area (Å²) < 4.78 is 6.21. The van der Waals surface area contributed by atoms with Gasteiger partial charge >= 0.3 is 0 Å². The molecular formula is C24H21N7O. The Morgan fingerprint density at radius 1 is 0.938 bits per heavy atom. The van der Waals surface area contributed by atoms with E-state index in [1.165, 1.54) is 0 Å². The Hall–Kier alpha value is -4.22. The number of hydrogen-bond acceptors (Lipinski definition) is 8. The molecule has 1 aromatic carbocycles. The van der Waals surface area contributed by atoms with E-state index in [9.17, 15) is 5.26 Å². The molecule has 0 aliphatic heterocycles. The first-order valence-corrected chi connectivity index (χ1v) is 10.1. The molecule has 4 aromatic rings. The van der Waals surface area contributed by atoms with E-state index in [1.807, 2.05) is 32.0 Å². The van der Waals surface area contributed by atoms with Crippen LogP contribution in [-0.4, -0.2) is 31.7 Å². The van der Waals surface area contributed by atoms with E-state index in [4.69, 9.17) is 10.5 Å². The van der Waals surface area contributed by atoms with Crippen LogP contribution in [0.4, 0.5) is 0 Å². The molecular weight excluding hydrogens is 402 g/mol. The van der Waals surface area contributed by atoms with Gasteiger partial charge in [-0.1, -0.05) is 0 Å². The average Bonchev–Trinajstić information content (AvgIpc) is 2.80. The molecule has 32 heavy (non-hydrogen) atoms. The second-order valence-electron chi connectivity index (χ2n) is 7.27. The fraction of sp³-hybridized carbons (Fsp3) is 0.167. The monoisotopic (exact) mass is 423 g/mol. The number of ether oxygens (including phenoxy) is 1. The summed E-state index contributed by atoms with van der Waals surface area (Å²) in [7, 11) is 0. The SMILES string of the molecule is Cc1ccc(-c2cc(Oc3cc(C#N)ccc3-c3ncc(CCN)cn3)cc(C)n2)nn1. The van der Waals surface area contributed by atoms with Crippen LogP contribution in [0.15, 0.2) is 54.9 Å². The van der Waals surface area contributed by atoms with E-state index in [1.54, 1.807) is 36.7 Å². The number of nitriles is 1. The number of aryl methyl sites for hydroxylation is 2. The van der Waals surface area contributed by atoms with Crippen molar-refractivity contribution in [2.45, 2.75) is 20.3 Å². The third-order valence-corrected chi connectivity index (χ3v) is 4.70. The molecule has 0 atom stereocenters. The van der Waals surface area contributed by atoms with Crippen molar-refractivity contribution in [3.63, 3.8) is 0 Å². The van der Waals surface area contributed by atoms with Gasteiger partial charge in [-0.2, -0.15) is 10.4 Å². The lowest BCUT2D eigenvalue weighted by Crippen LogP contribution is -2.04. The van der Waals surface area contributed by atoms with Crippen molar-refractivity contribution < 1.29 is 4.74 Å². The van der Waals surface area contributed by atoms with Crippen molar-refractivity contribution in [2.75, 3.05) is 6.54 Å². The molecule has 0 saturated carbocycles. The zero-order valence-corrected chi connectivity index (χ0v) is 17.8. The topological polar surface area (TPSA) is 123 Å². The summed E-state index contributed by atoms with van der Waals surface area (Å²) in [5.74, 6) is 1.54. The molecule has 0 saturated heterocycles. The second-order valence-corrected chi connectivity index (χ2v) is 7.27. The van der Waals surface area contributed by atoms with E-state index in [0.29, 0.717) is 52.8 Å². The largest absolute Gasteiger partial charge is 0.456 e. The average molecular weight is 423 g/mol. The van der Waals surface area contributed by atoms with Gasteiger partial charge in [0.05, 0.1) is 28.6 Å². The third kappa shape index (κ3) is 4.74. The molecule has 0 unspecified atom stereocenters. The van der Waals surface area contributed by atoms with E-state index in [-0.39, 0.29) is 0 Å². The van der Waals surface area contributed by atoms with Crippen LogP contribution >= 0.6 is 0 Å². The molecule has 8 nitrogen and oxygen atoms in total. The molecule has 0 aliphatic carbocycles. The number of benzene rings is 1. The number of nitrogens with two attached hydrogens (primary N) is 1. The summed E-state index contributed by atoms with van der Waals surface area (Å²) in [5, 5.41) is 17.7. The van der Waals surface area contributed by atoms with Gasteiger partial charge in [-0.3, -0.25) is 4.98 Å². The lowest BCUT2D eigenvalue weighted by atomic mass is 10.1. The molecule has 0 bridgehead atoms. The molecule has 2 N–H and O–H groups in total. The minimum Gasteiger partial charge on any atom is -0.456 e. The number of hydrogen-bond donors (Lipinski definition) is 1.